The van der Waals surface area contributed by atoms with Crippen LogP contribution >= 0.6 is 11.3 Å². The van der Waals surface area contributed by atoms with Crippen molar-refractivity contribution in [2.24, 2.45) is 0 Å². The Morgan fingerprint density at radius 2 is 1.91 bits per heavy atom. The first kappa shape index (κ1) is 22.0. The molecule has 7 heteroatoms. The number of rotatable bonds is 5. The Morgan fingerprint density at radius 3 is 2.68 bits per heavy atom. The van der Waals surface area contributed by atoms with Crippen molar-refractivity contribution in [2.75, 3.05) is 13.1 Å². The molecule has 6 rings (SSSR count). The van der Waals surface area contributed by atoms with E-state index in [1.54, 1.807) is 18.3 Å². The molecule has 2 aromatic heterocycles. The Bertz CT molecular complexity index is 1280. The van der Waals surface area contributed by atoms with Crippen LogP contribution in [0.15, 0.2) is 33.5 Å². The van der Waals surface area contributed by atoms with Gasteiger partial charge in [0, 0.05) is 49.1 Å². The summed E-state index contributed by atoms with van der Waals surface area (Å²) in [6, 6.07) is 9.47. The molecule has 1 saturated carbocycles. The van der Waals surface area contributed by atoms with Crippen LogP contribution in [0.3, 0.4) is 0 Å². The summed E-state index contributed by atoms with van der Waals surface area (Å²) in [6.07, 6.45) is 8.89. The average Bonchev–Trinajstić information content (AvgIpc) is 3.62. The standard InChI is InChI=1S/C27H31N3O3S/c1-17(31)29-13-11-21(12-14-29)30(20-9-10-20)16-18-5-4-6-19(15-18)25-28-26-24(27(32)33-25)22-7-2-3-8-23(22)34-26/h4-6,15,20-21H,2-3,7-14,16H2,1H3. The first-order chi connectivity index (χ1) is 16.6. The van der Waals surface area contributed by atoms with Crippen molar-refractivity contribution >= 4 is 27.5 Å². The van der Waals surface area contributed by atoms with Gasteiger partial charge in [0.25, 0.3) is 0 Å². The second-order valence-corrected chi connectivity index (χ2v) is 11.1. The maximum atomic E-state index is 12.9. The summed E-state index contributed by atoms with van der Waals surface area (Å²) in [5.74, 6) is 0.604. The molecule has 0 bridgehead atoms. The number of aromatic nitrogens is 1. The normalized spacial score (nSPS) is 19.1. The number of piperidine rings is 1. The maximum Gasteiger partial charge on any atom is 0.348 e. The molecule has 2 aliphatic carbocycles. The number of carbonyl (C=O) groups is 1. The quantitative estimate of drug-likeness (QED) is 0.530. The molecule has 3 heterocycles. The van der Waals surface area contributed by atoms with Crippen molar-refractivity contribution in [2.45, 2.75) is 76.9 Å². The van der Waals surface area contributed by atoms with Crippen LogP contribution in [0.4, 0.5) is 0 Å². The van der Waals surface area contributed by atoms with Crippen molar-refractivity contribution in [3.8, 4) is 11.5 Å². The third kappa shape index (κ3) is 4.20. The summed E-state index contributed by atoms with van der Waals surface area (Å²) >= 11 is 1.66. The molecule has 0 spiro atoms. The SMILES string of the molecule is CC(=O)N1CCC(N(Cc2cccc(-c3nc4sc5c(c4c(=O)o3)CCCC5)c2)C2CC2)CC1. The van der Waals surface area contributed by atoms with E-state index in [9.17, 15) is 9.59 Å². The highest BCUT2D eigenvalue weighted by Gasteiger charge is 2.35. The van der Waals surface area contributed by atoms with Gasteiger partial charge in [-0.15, -0.1) is 11.3 Å². The highest BCUT2D eigenvalue weighted by atomic mass is 32.1. The van der Waals surface area contributed by atoms with Crippen molar-refractivity contribution in [3.63, 3.8) is 0 Å². The zero-order chi connectivity index (χ0) is 23.2. The molecule has 0 unspecified atom stereocenters. The minimum absolute atomic E-state index is 0.182. The Morgan fingerprint density at radius 1 is 1.15 bits per heavy atom. The van der Waals surface area contributed by atoms with Crippen LogP contribution < -0.4 is 5.63 Å². The molecule has 1 aromatic carbocycles. The van der Waals surface area contributed by atoms with Gasteiger partial charge in [0.2, 0.25) is 11.8 Å². The number of aryl methyl sites for hydroxylation is 2. The monoisotopic (exact) mass is 477 g/mol. The smallest absolute Gasteiger partial charge is 0.348 e. The predicted molar refractivity (Wildman–Crippen MR) is 134 cm³/mol. The van der Waals surface area contributed by atoms with Gasteiger partial charge in [-0.25, -0.2) is 9.78 Å². The Balaban J connectivity index is 1.25. The van der Waals surface area contributed by atoms with E-state index in [-0.39, 0.29) is 11.5 Å². The predicted octanol–water partition coefficient (Wildman–Crippen LogP) is 4.77. The second-order valence-electron chi connectivity index (χ2n) is 10.0. The molecular weight excluding hydrogens is 446 g/mol. The topological polar surface area (TPSA) is 66.7 Å². The van der Waals surface area contributed by atoms with E-state index in [0.717, 1.165) is 62.1 Å². The first-order valence-corrected chi connectivity index (χ1v) is 13.4. The molecular formula is C27H31N3O3S. The van der Waals surface area contributed by atoms with Crippen LogP contribution in [0.5, 0.6) is 0 Å². The van der Waals surface area contributed by atoms with Crippen LogP contribution in [0.1, 0.15) is 61.5 Å². The van der Waals surface area contributed by atoms with Gasteiger partial charge in [0.15, 0.2) is 0 Å². The minimum atomic E-state index is -0.248. The molecule has 1 amide bonds. The van der Waals surface area contributed by atoms with Crippen molar-refractivity contribution in [3.05, 3.63) is 50.7 Å². The van der Waals surface area contributed by atoms with Gasteiger partial charge >= 0.3 is 5.63 Å². The molecule has 3 aliphatic rings. The Kier molecular flexibility index (Phi) is 5.77. The number of nitrogens with zero attached hydrogens (tertiary/aromatic N) is 3. The number of likely N-dealkylation sites (tertiary alicyclic amines) is 1. The molecule has 1 saturated heterocycles. The summed E-state index contributed by atoms with van der Waals surface area (Å²) in [7, 11) is 0. The number of fused-ring (bicyclic) bond motifs is 3. The van der Waals surface area contributed by atoms with Gasteiger partial charge < -0.3 is 9.32 Å². The summed E-state index contributed by atoms with van der Waals surface area (Å²) < 4.78 is 5.76. The van der Waals surface area contributed by atoms with Gasteiger partial charge in [-0.05, 0) is 74.6 Å². The number of benzene rings is 1. The van der Waals surface area contributed by atoms with Crippen molar-refractivity contribution in [1.82, 2.24) is 14.8 Å². The average molecular weight is 478 g/mol. The summed E-state index contributed by atoms with van der Waals surface area (Å²) in [5, 5.41) is 0.705. The van der Waals surface area contributed by atoms with Gasteiger partial charge in [-0.2, -0.15) is 0 Å². The van der Waals surface area contributed by atoms with Crippen molar-refractivity contribution in [1.29, 1.82) is 0 Å². The van der Waals surface area contributed by atoms with Crippen LogP contribution in [0.25, 0.3) is 21.7 Å². The van der Waals surface area contributed by atoms with E-state index in [0.29, 0.717) is 23.4 Å². The summed E-state index contributed by atoms with van der Waals surface area (Å²) in [5.41, 5.74) is 3.00. The third-order valence-corrected chi connectivity index (χ3v) is 8.87. The lowest BCUT2D eigenvalue weighted by Gasteiger charge is -2.38. The van der Waals surface area contributed by atoms with E-state index in [1.807, 2.05) is 17.0 Å². The Labute approximate surface area is 203 Å². The second kappa shape index (κ2) is 8.93. The molecule has 0 radical (unpaired) electrons. The lowest BCUT2D eigenvalue weighted by molar-refractivity contribution is -0.130. The molecule has 3 aromatic rings. The third-order valence-electron chi connectivity index (χ3n) is 7.68. The molecule has 1 aliphatic heterocycles. The number of hydrogen-bond donors (Lipinski definition) is 0. The molecule has 178 valence electrons. The minimum Gasteiger partial charge on any atom is -0.403 e. The molecule has 2 fully saturated rings. The van der Waals surface area contributed by atoms with Crippen LogP contribution in [0.2, 0.25) is 0 Å². The highest BCUT2D eigenvalue weighted by molar-refractivity contribution is 7.18. The van der Waals surface area contributed by atoms with Crippen LogP contribution in [-0.4, -0.2) is 45.9 Å². The number of hydrogen-bond acceptors (Lipinski definition) is 6. The van der Waals surface area contributed by atoms with Crippen LogP contribution in [-0.2, 0) is 24.2 Å². The van der Waals surface area contributed by atoms with E-state index < -0.39 is 0 Å². The fourth-order valence-electron chi connectivity index (χ4n) is 5.71. The lowest BCUT2D eigenvalue weighted by Crippen LogP contribution is -2.46. The van der Waals surface area contributed by atoms with Gasteiger partial charge in [-0.3, -0.25) is 9.69 Å². The van der Waals surface area contributed by atoms with Gasteiger partial charge in [0.1, 0.15) is 10.2 Å². The van der Waals surface area contributed by atoms with E-state index in [4.69, 9.17) is 9.40 Å². The van der Waals surface area contributed by atoms with Crippen molar-refractivity contribution < 1.29 is 9.21 Å². The van der Waals surface area contributed by atoms with Crippen LogP contribution in [0, 0.1) is 0 Å². The fourth-order valence-corrected chi connectivity index (χ4v) is 6.95. The lowest BCUT2D eigenvalue weighted by atomic mass is 9.97. The van der Waals surface area contributed by atoms with Gasteiger partial charge in [-0.1, -0.05) is 12.1 Å². The van der Waals surface area contributed by atoms with E-state index >= 15 is 0 Å². The largest absolute Gasteiger partial charge is 0.403 e. The number of amides is 1. The van der Waals surface area contributed by atoms with E-state index in [1.165, 1.54) is 35.3 Å². The summed E-state index contributed by atoms with van der Waals surface area (Å²) in [6.45, 7) is 4.24. The van der Waals surface area contributed by atoms with E-state index in [2.05, 4.69) is 17.0 Å². The molecule has 6 nitrogen and oxygen atoms in total. The fraction of sp³-hybridized carbons (Fsp3) is 0.519. The molecule has 0 N–H and O–H groups in total. The first-order valence-electron chi connectivity index (χ1n) is 12.6. The zero-order valence-electron chi connectivity index (χ0n) is 19.7. The zero-order valence-corrected chi connectivity index (χ0v) is 20.5. The number of carbonyl (C=O) groups excluding carboxylic acids is 1. The molecule has 34 heavy (non-hydrogen) atoms. The number of thiophene rings is 1. The van der Waals surface area contributed by atoms with Gasteiger partial charge in [0.05, 0.1) is 0 Å². The summed E-state index contributed by atoms with van der Waals surface area (Å²) in [4.78, 5) is 36.2. The molecule has 0 atom stereocenters. The highest BCUT2D eigenvalue weighted by Crippen LogP contribution is 2.36. The maximum absolute atomic E-state index is 12.9. The Hall–Kier alpha value is -2.51.